The smallest absolute Gasteiger partial charge is 0.264 e. The number of unbranched alkanes of at least 4 members (excludes halogenated alkanes) is 1. The summed E-state index contributed by atoms with van der Waals surface area (Å²) in [4.78, 5) is 28.8. The third kappa shape index (κ3) is 8.39. The normalized spacial score (nSPS) is 11.8. The molecule has 0 radical (unpaired) electrons. The fourth-order valence-corrected chi connectivity index (χ4v) is 6.02. The monoisotopic (exact) mass is 615 g/mol. The van der Waals surface area contributed by atoms with E-state index in [4.69, 9.17) is 21.1 Å². The lowest BCUT2D eigenvalue weighted by molar-refractivity contribution is -0.140. The van der Waals surface area contributed by atoms with Crippen LogP contribution in [0.2, 0.25) is 5.02 Å². The minimum atomic E-state index is -4.23. The molecule has 0 saturated carbocycles. The van der Waals surface area contributed by atoms with E-state index in [1.54, 1.807) is 43.5 Å². The van der Waals surface area contributed by atoms with E-state index >= 15 is 0 Å². The van der Waals surface area contributed by atoms with E-state index in [2.05, 4.69) is 5.32 Å². The Morgan fingerprint density at radius 1 is 0.929 bits per heavy atom. The predicted octanol–water partition coefficient (Wildman–Crippen LogP) is 5.28. The first-order valence-corrected chi connectivity index (χ1v) is 15.6. The number of sulfonamides is 1. The molecule has 1 atom stereocenters. The topological polar surface area (TPSA) is 105 Å². The highest BCUT2D eigenvalue weighted by atomic mass is 35.5. The van der Waals surface area contributed by atoms with Crippen LogP contribution in [0.25, 0.3) is 0 Å². The van der Waals surface area contributed by atoms with Crippen molar-refractivity contribution in [3.05, 3.63) is 83.4 Å². The number of hydrogen-bond acceptors (Lipinski definition) is 6. The van der Waals surface area contributed by atoms with E-state index in [1.165, 1.54) is 42.3 Å². The summed E-state index contributed by atoms with van der Waals surface area (Å²) in [5.74, 6) is 0.244. The fourth-order valence-electron chi connectivity index (χ4n) is 4.43. The van der Waals surface area contributed by atoms with Crippen molar-refractivity contribution in [2.75, 3.05) is 31.6 Å². The summed E-state index contributed by atoms with van der Waals surface area (Å²) in [6.07, 6.45) is 2.03. The van der Waals surface area contributed by atoms with Crippen LogP contribution in [0.3, 0.4) is 0 Å². The first-order valence-electron chi connectivity index (χ1n) is 13.8. The zero-order valence-electron chi connectivity index (χ0n) is 24.4. The first kappa shape index (κ1) is 32.8. The van der Waals surface area contributed by atoms with Crippen molar-refractivity contribution in [3.8, 4) is 11.5 Å². The molecule has 3 aromatic carbocycles. The lowest BCUT2D eigenvalue weighted by Crippen LogP contribution is -2.52. The van der Waals surface area contributed by atoms with Gasteiger partial charge >= 0.3 is 0 Å². The highest BCUT2D eigenvalue weighted by Gasteiger charge is 2.33. The summed E-state index contributed by atoms with van der Waals surface area (Å²) in [5, 5.41) is 3.23. The SMILES string of the molecule is CCCCNC(=O)[C@H](CC)N(Cc1cccc(OC)c1)C(=O)CN(c1cccc(Cl)c1)S(=O)(=O)c1ccc(OC)cc1. The Bertz CT molecular complexity index is 1450. The van der Waals surface area contributed by atoms with Crippen molar-refractivity contribution < 1.29 is 27.5 Å². The number of hydrogen-bond donors (Lipinski definition) is 1. The number of rotatable bonds is 15. The standard InChI is InChI=1S/C31H38ClN3O6S/c1-5-7-18-33-31(37)29(6-2)34(21-23-10-8-13-27(19-23)41-4)30(36)22-35(25-12-9-11-24(32)20-25)42(38,39)28-16-14-26(40-3)15-17-28/h8-17,19-20,29H,5-7,18,21-22H2,1-4H3,(H,33,37)/t29-/m0/s1. The molecule has 0 aromatic heterocycles. The van der Waals surface area contributed by atoms with E-state index < -0.39 is 28.5 Å². The Morgan fingerprint density at radius 3 is 2.24 bits per heavy atom. The van der Waals surface area contributed by atoms with Gasteiger partial charge in [-0.1, -0.05) is 50.1 Å². The molecule has 1 N–H and O–H groups in total. The molecule has 3 aromatic rings. The van der Waals surface area contributed by atoms with E-state index in [1.807, 2.05) is 19.9 Å². The Hall–Kier alpha value is -3.76. The van der Waals surface area contributed by atoms with Crippen LogP contribution in [-0.2, 0) is 26.2 Å². The number of nitrogens with one attached hydrogen (secondary N) is 1. The van der Waals surface area contributed by atoms with E-state index in [0.29, 0.717) is 29.5 Å². The van der Waals surface area contributed by atoms with Gasteiger partial charge in [-0.2, -0.15) is 0 Å². The Kier molecular flexibility index (Phi) is 12.1. The van der Waals surface area contributed by atoms with Crippen molar-refractivity contribution in [3.63, 3.8) is 0 Å². The molecule has 11 heteroatoms. The van der Waals surface area contributed by atoms with Gasteiger partial charge in [-0.05, 0) is 73.0 Å². The molecule has 42 heavy (non-hydrogen) atoms. The van der Waals surface area contributed by atoms with Crippen LogP contribution in [0.5, 0.6) is 11.5 Å². The second-order valence-corrected chi connectivity index (χ2v) is 11.9. The second-order valence-electron chi connectivity index (χ2n) is 9.61. The van der Waals surface area contributed by atoms with Crippen molar-refractivity contribution in [1.82, 2.24) is 10.2 Å². The average Bonchev–Trinajstić information content (AvgIpc) is 2.99. The summed E-state index contributed by atoms with van der Waals surface area (Å²) < 4.78 is 39.5. The van der Waals surface area contributed by atoms with Gasteiger partial charge in [0.1, 0.15) is 24.1 Å². The fraction of sp³-hybridized carbons (Fsp3) is 0.355. The van der Waals surface area contributed by atoms with Crippen LogP contribution >= 0.6 is 11.6 Å². The number of ether oxygens (including phenoxy) is 2. The van der Waals surface area contributed by atoms with Gasteiger partial charge < -0.3 is 19.7 Å². The van der Waals surface area contributed by atoms with Crippen molar-refractivity contribution >= 4 is 39.1 Å². The number of methoxy groups -OCH3 is 2. The molecule has 0 aliphatic heterocycles. The van der Waals surface area contributed by atoms with Crippen LogP contribution in [0, 0.1) is 0 Å². The molecular weight excluding hydrogens is 578 g/mol. The van der Waals surface area contributed by atoms with Gasteiger partial charge in [0.05, 0.1) is 24.8 Å². The number of nitrogens with zero attached hydrogens (tertiary/aromatic N) is 2. The Morgan fingerprint density at radius 2 is 1.62 bits per heavy atom. The predicted molar refractivity (Wildman–Crippen MR) is 165 cm³/mol. The molecular formula is C31H38ClN3O6S. The molecule has 0 fully saturated rings. The second kappa shape index (κ2) is 15.5. The molecule has 0 saturated heterocycles. The largest absolute Gasteiger partial charge is 0.497 e. The molecule has 0 unspecified atom stereocenters. The van der Waals surface area contributed by atoms with Crippen molar-refractivity contribution in [2.45, 2.75) is 50.6 Å². The third-order valence-electron chi connectivity index (χ3n) is 6.73. The molecule has 0 aliphatic carbocycles. The highest BCUT2D eigenvalue weighted by molar-refractivity contribution is 7.92. The molecule has 2 amide bonds. The zero-order valence-corrected chi connectivity index (χ0v) is 26.0. The van der Waals surface area contributed by atoms with Crippen LogP contribution in [0.4, 0.5) is 5.69 Å². The first-order chi connectivity index (χ1) is 20.1. The highest BCUT2D eigenvalue weighted by Crippen LogP contribution is 2.28. The molecule has 9 nitrogen and oxygen atoms in total. The maximum absolute atomic E-state index is 14.1. The van der Waals surface area contributed by atoms with Gasteiger partial charge in [-0.25, -0.2) is 8.42 Å². The maximum atomic E-state index is 14.1. The maximum Gasteiger partial charge on any atom is 0.264 e. The zero-order chi connectivity index (χ0) is 30.7. The minimum absolute atomic E-state index is 0.0280. The van der Waals surface area contributed by atoms with E-state index in [0.717, 1.165) is 22.7 Å². The lowest BCUT2D eigenvalue weighted by Gasteiger charge is -2.33. The van der Waals surface area contributed by atoms with Gasteiger partial charge in [0, 0.05) is 18.1 Å². The Balaban J connectivity index is 2.05. The van der Waals surface area contributed by atoms with Crippen molar-refractivity contribution in [1.29, 1.82) is 0 Å². The molecule has 0 bridgehead atoms. The molecule has 226 valence electrons. The van der Waals surface area contributed by atoms with Gasteiger partial charge in [-0.15, -0.1) is 0 Å². The number of anilines is 1. The molecule has 0 heterocycles. The molecule has 3 rings (SSSR count). The molecule has 0 spiro atoms. The van der Waals surface area contributed by atoms with E-state index in [9.17, 15) is 18.0 Å². The molecule has 0 aliphatic rings. The number of carbonyl (C=O) groups excluding carboxylic acids is 2. The Labute approximate surface area is 253 Å². The number of halogens is 1. The summed E-state index contributed by atoms with van der Waals surface area (Å²) in [7, 11) is -1.19. The number of carbonyl (C=O) groups is 2. The summed E-state index contributed by atoms with van der Waals surface area (Å²) in [5.41, 5.74) is 0.947. The van der Waals surface area contributed by atoms with Crippen molar-refractivity contribution in [2.24, 2.45) is 0 Å². The van der Waals surface area contributed by atoms with Crippen LogP contribution in [0.1, 0.15) is 38.7 Å². The van der Waals surface area contributed by atoms with Crippen LogP contribution in [0.15, 0.2) is 77.7 Å². The van der Waals surface area contributed by atoms with Crippen LogP contribution < -0.4 is 19.1 Å². The minimum Gasteiger partial charge on any atom is -0.497 e. The summed E-state index contributed by atoms with van der Waals surface area (Å²) in [6.45, 7) is 3.83. The van der Waals surface area contributed by atoms with E-state index in [-0.39, 0.29) is 23.0 Å². The summed E-state index contributed by atoms with van der Waals surface area (Å²) in [6, 6.07) is 18.6. The van der Waals surface area contributed by atoms with Gasteiger partial charge in [0.2, 0.25) is 11.8 Å². The average molecular weight is 616 g/mol. The lowest BCUT2D eigenvalue weighted by atomic mass is 10.1. The number of benzene rings is 3. The van der Waals surface area contributed by atoms with Crippen LogP contribution in [-0.4, -0.2) is 58.5 Å². The third-order valence-corrected chi connectivity index (χ3v) is 8.75. The van der Waals surface area contributed by atoms with Gasteiger partial charge in [-0.3, -0.25) is 13.9 Å². The van der Waals surface area contributed by atoms with Gasteiger partial charge in [0.25, 0.3) is 10.0 Å². The quantitative estimate of drug-likeness (QED) is 0.233. The summed E-state index contributed by atoms with van der Waals surface area (Å²) >= 11 is 6.24. The van der Waals surface area contributed by atoms with Gasteiger partial charge in [0.15, 0.2) is 0 Å². The number of amides is 2.